The van der Waals surface area contributed by atoms with Gasteiger partial charge in [0, 0.05) is 0 Å². The molecule has 5 heteroatoms. The monoisotopic (exact) mass is 187 g/mol. The predicted octanol–water partition coefficient (Wildman–Crippen LogP) is 0.390. The molecule has 1 amide bonds. The molecule has 0 aromatic heterocycles. The van der Waals surface area contributed by atoms with E-state index in [-0.39, 0.29) is 5.97 Å². The zero-order chi connectivity index (χ0) is 9.84. The minimum atomic E-state index is -0.444. The number of hydrogen-bond donors (Lipinski definition) is 0. The summed E-state index contributed by atoms with van der Waals surface area (Å²) in [4.78, 5) is 23.4. The number of ether oxygens (including phenoxy) is 2. The van der Waals surface area contributed by atoms with Crippen LogP contribution in [-0.2, 0) is 14.3 Å². The first kappa shape index (κ1) is 9.83. The molecule has 1 aliphatic rings. The molecule has 1 saturated heterocycles. The van der Waals surface area contributed by atoms with Crippen molar-refractivity contribution in [3.8, 4) is 0 Å². The first-order valence-corrected chi connectivity index (χ1v) is 4.30. The van der Waals surface area contributed by atoms with Gasteiger partial charge in [0.05, 0.1) is 19.8 Å². The third-order valence-corrected chi connectivity index (χ3v) is 1.67. The lowest BCUT2D eigenvalue weighted by Gasteiger charge is -2.03. The van der Waals surface area contributed by atoms with Crippen molar-refractivity contribution in [2.75, 3.05) is 19.8 Å². The molecular formula is C8H13NO4. The second-order valence-electron chi connectivity index (χ2n) is 2.62. The highest BCUT2D eigenvalue weighted by molar-refractivity contribution is 5.86. The SMILES string of the molecule is CCOC(=O)C1CN1C(=O)OCC. The molecule has 13 heavy (non-hydrogen) atoms. The lowest BCUT2D eigenvalue weighted by molar-refractivity contribution is -0.143. The quantitative estimate of drug-likeness (QED) is 0.473. The fraction of sp³-hybridized carbons (Fsp3) is 0.750. The summed E-state index contributed by atoms with van der Waals surface area (Å²) in [5, 5.41) is 0. The molecule has 1 heterocycles. The van der Waals surface area contributed by atoms with Gasteiger partial charge in [0.25, 0.3) is 0 Å². The van der Waals surface area contributed by atoms with Crippen molar-refractivity contribution in [1.82, 2.24) is 4.90 Å². The van der Waals surface area contributed by atoms with Crippen LogP contribution in [0.25, 0.3) is 0 Å². The minimum absolute atomic E-state index is 0.324. The van der Waals surface area contributed by atoms with Gasteiger partial charge in [0.2, 0.25) is 0 Å². The first-order chi connectivity index (χ1) is 6.20. The second-order valence-corrected chi connectivity index (χ2v) is 2.62. The Labute approximate surface area is 76.6 Å². The smallest absolute Gasteiger partial charge is 0.410 e. The summed E-state index contributed by atoms with van der Waals surface area (Å²) in [6, 6.07) is -0.418. The summed E-state index contributed by atoms with van der Waals surface area (Å²) in [6.45, 7) is 4.53. The zero-order valence-corrected chi connectivity index (χ0v) is 7.78. The van der Waals surface area contributed by atoms with Gasteiger partial charge in [-0.3, -0.25) is 4.90 Å². The van der Waals surface area contributed by atoms with Crippen molar-refractivity contribution >= 4 is 12.1 Å². The number of rotatable bonds is 3. The maximum Gasteiger partial charge on any atom is 0.410 e. The molecule has 1 unspecified atom stereocenters. The predicted molar refractivity (Wildman–Crippen MR) is 44.1 cm³/mol. The Kier molecular flexibility index (Phi) is 3.11. The van der Waals surface area contributed by atoms with E-state index in [1.54, 1.807) is 13.8 Å². The highest BCUT2D eigenvalue weighted by Gasteiger charge is 2.46. The van der Waals surface area contributed by atoms with E-state index in [1.807, 2.05) is 0 Å². The summed E-state index contributed by atoms with van der Waals surface area (Å²) < 4.78 is 9.44. The van der Waals surface area contributed by atoms with Crippen molar-refractivity contribution in [3.63, 3.8) is 0 Å². The van der Waals surface area contributed by atoms with Crippen LogP contribution in [0.5, 0.6) is 0 Å². The Morgan fingerprint density at radius 1 is 1.31 bits per heavy atom. The lowest BCUT2D eigenvalue weighted by atomic mass is 10.5. The molecule has 1 atom stereocenters. The number of carbonyl (C=O) groups excluding carboxylic acids is 2. The molecule has 1 fully saturated rings. The van der Waals surface area contributed by atoms with Gasteiger partial charge in [0.1, 0.15) is 0 Å². The number of carbonyl (C=O) groups is 2. The molecule has 0 bridgehead atoms. The minimum Gasteiger partial charge on any atom is -0.464 e. The molecule has 1 aliphatic heterocycles. The highest BCUT2D eigenvalue weighted by Crippen LogP contribution is 2.19. The number of esters is 1. The van der Waals surface area contributed by atoms with Crippen LogP contribution < -0.4 is 0 Å². The van der Waals surface area contributed by atoms with Crippen LogP contribution in [0, 0.1) is 0 Å². The Morgan fingerprint density at radius 2 is 1.92 bits per heavy atom. The standard InChI is InChI=1S/C8H13NO4/c1-3-12-7(10)6-5-9(6)8(11)13-4-2/h6H,3-5H2,1-2H3. The van der Waals surface area contributed by atoms with Gasteiger partial charge in [0.15, 0.2) is 6.04 Å². The second kappa shape index (κ2) is 4.11. The fourth-order valence-corrected chi connectivity index (χ4v) is 0.988. The summed E-state index contributed by atoms with van der Waals surface area (Å²) in [5.41, 5.74) is 0. The molecule has 0 saturated carbocycles. The van der Waals surface area contributed by atoms with Gasteiger partial charge in [-0.05, 0) is 13.8 Å². The Balaban J connectivity index is 2.29. The van der Waals surface area contributed by atoms with Gasteiger partial charge >= 0.3 is 12.1 Å². The molecular weight excluding hydrogens is 174 g/mol. The Bertz CT molecular complexity index is 194. The summed E-state index contributed by atoms with van der Waals surface area (Å²) in [5.74, 6) is -0.351. The van der Waals surface area contributed by atoms with Gasteiger partial charge in [-0.25, -0.2) is 9.59 Å². The number of amides is 1. The van der Waals surface area contributed by atoms with Crippen LogP contribution in [0.1, 0.15) is 13.8 Å². The summed E-state index contributed by atoms with van der Waals surface area (Å²) in [6.07, 6.45) is -0.444. The molecule has 0 aromatic carbocycles. The Morgan fingerprint density at radius 3 is 2.46 bits per heavy atom. The summed E-state index contributed by atoms with van der Waals surface area (Å²) >= 11 is 0. The van der Waals surface area contributed by atoms with Crippen molar-refractivity contribution in [1.29, 1.82) is 0 Å². The van der Waals surface area contributed by atoms with E-state index >= 15 is 0 Å². The normalized spacial score (nSPS) is 19.5. The first-order valence-electron chi connectivity index (χ1n) is 4.30. The number of nitrogens with zero attached hydrogens (tertiary/aromatic N) is 1. The maximum absolute atomic E-state index is 11.1. The third kappa shape index (κ3) is 2.34. The van der Waals surface area contributed by atoms with Crippen molar-refractivity contribution in [3.05, 3.63) is 0 Å². The van der Waals surface area contributed by atoms with E-state index in [0.29, 0.717) is 19.8 Å². The van der Waals surface area contributed by atoms with Crippen molar-refractivity contribution < 1.29 is 19.1 Å². The van der Waals surface area contributed by atoms with Gasteiger partial charge in [-0.2, -0.15) is 0 Å². The molecule has 0 radical (unpaired) electrons. The fourth-order valence-electron chi connectivity index (χ4n) is 0.988. The van der Waals surface area contributed by atoms with E-state index in [4.69, 9.17) is 9.47 Å². The lowest BCUT2D eigenvalue weighted by Crippen LogP contribution is -2.21. The topological polar surface area (TPSA) is 55.6 Å². The Hall–Kier alpha value is -1.26. The van der Waals surface area contributed by atoms with Gasteiger partial charge < -0.3 is 9.47 Å². The van der Waals surface area contributed by atoms with E-state index in [2.05, 4.69) is 0 Å². The van der Waals surface area contributed by atoms with Crippen LogP contribution in [0.3, 0.4) is 0 Å². The van der Waals surface area contributed by atoms with Gasteiger partial charge in [-0.1, -0.05) is 0 Å². The average Bonchev–Trinajstić information content (AvgIpc) is 2.84. The molecule has 0 N–H and O–H groups in total. The molecule has 0 spiro atoms. The molecule has 5 nitrogen and oxygen atoms in total. The van der Waals surface area contributed by atoms with Gasteiger partial charge in [-0.15, -0.1) is 0 Å². The van der Waals surface area contributed by atoms with Crippen LogP contribution in [-0.4, -0.2) is 42.8 Å². The molecule has 0 aliphatic carbocycles. The van der Waals surface area contributed by atoms with Crippen molar-refractivity contribution in [2.24, 2.45) is 0 Å². The van der Waals surface area contributed by atoms with Crippen LogP contribution >= 0.6 is 0 Å². The van der Waals surface area contributed by atoms with Crippen LogP contribution in [0.2, 0.25) is 0 Å². The van der Waals surface area contributed by atoms with E-state index in [1.165, 1.54) is 4.90 Å². The molecule has 74 valence electrons. The largest absolute Gasteiger partial charge is 0.464 e. The van der Waals surface area contributed by atoms with E-state index < -0.39 is 12.1 Å². The molecule has 0 aromatic rings. The van der Waals surface area contributed by atoms with E-state index in [9.17, 15) is 9.59 Å². The van der Waals surface area contributed by atoms with E-state index in [0.717, 1.165) is 0 Å². The average molecular weight is 187 g/mol. The number of hydrogen-bond acceptors (Lipinski definition) is 4. The third-order valence-electron chi connectivity index (χ3n) is 1.67. The summed E-state index contributed by atoms with van der Waals surface area (Å²) in [7, 11) is 0. The zero-order valence-electron chi connectivity index (χ0n) is 7.78. The maximum atomic E-state index is 11.1. The van der Waals surface area contributed by atoms with Crippen LogP contribution in [0.15, 0.2) is 0 Å². The molecule has 1 rings (SSSR count). The van der Waals surface area contributed by atoms with Crippen molar-refractivity contribution in [2.45, 2.75) is 19.9 Å². The van der Waals surface area contributed by atoms with Crippen LogP contribution in [0.4, 0.5) is 4.79 Å². The highest BCUT2D eigenvalue weighted by atomic mass is 16.6.